The van der Waals surface area contributed by atoms with Gasteiger partial charge in [-0.3, -0.25) is 4.55 Å². The minimum atomic E-state index is -4.41. The molecule has 1 aromatic carbocycles. The maximum atomic E-state index is 11.2. The van der Waals surface area contributed by atoms with Crippen LogP contribution in [-0.2, 0) is 21.0 Å². The molecule has 0 spiro atoms. The van der Waals surface area contributed by atoms with E-state index in [-0.39, 0.29) is 5.41 Å². The van der Waals surface area contributed by atoms with E-state index in [0.717, 1.165) is 32.1 Å². The molecule has 5 atom stereocenters. The molecule has 6 heteroatoms. The van der Waals surface area contributed by atoms with Crippen LogP contribution in [0.2, 0.25) is 0 Å². The van der Waals surface area contributed by atoms with Crippen LogP contribution in [0, 0.1) is 17.3 Å². The predicted molar refractivity (Wildman–Crippen MR) is 89.1 cm³/mol. The van der Waals surface area contributed by atoms with Crippen molar-refractivity contribution >= 4 is 10.4 Å². The number of hydrogen-bond donors (Lipinski definition) is 2. The van der Waals surface area contributed by atoms with Crippen molar-refractivity contribution in [3.8, 4) is 5.75 Å². The van der Waals surface area contributed by atoms with E-state index in [2.05, 4.69) is 13.0 Å². The topological polar surface area (TPSA) is 83.8 Å². The van der Waals surface area contributed by atoms with Crippen molar-refractivity contribution in [1.29, 1.82) is 0 Å². The van der Waals surface area contributed by atoms with Gasteiger partial charge in [-0.15, -0.1) is 0 Å². The fourth-order valence-electron chi connectivity index (χ4n) is 5.83. The maximum absolute atomic E-state index is 11.2. The van der Waals surface area contributed by atoms with Crippen molar-refractivity contribution in [2.45, 2.75) is 57.5 Å². The fraction of sp³-hybridized carbons (Fsp3) is 0.667. The molecule has 132 valence electrons. The van der Waals surface area contributed by atoms with Gasteiger partial charge in [0.05, 0.1) is 6.10 Å². The van der Waals surface area contributed by atoms with Gasteiger partial charge in [0.1, 0.15) is 5.75 Å². The highest BCUT2D eigenvalue weighted by Crippen LogP contribution is 2.61. The van der Waals surface area contributed by atoms with Crippen LogP contribution >= 0.6 is 0 Å². The summed E-state index contributed by atoms with van der Waals surface area (Å²) in [6.07, 6.45) is 5.15. The quantitative estimate of drug-likeness (QED) is 0.795. The predicted octanol–water partition coefficient (Wildman–Crippen LogP) is 3.44. The average molecular weight is 354 g/mol. The van der Waals surface area contributed by atoms with Gasteiger partial charge in [-0.05, 0) is 85.0 Å². The summed E-state index contributed by atoms with van der Waals surface area (Å²) in [4.78, 5) is 0. The molecule has 0 radical (unpaired) electrons. The van der Waals surface area contributed by atoms with E-state index in [9.17, 15) is 13.5 Å². The first-order valence-corrected chi connectivity index (χ1v) is 10.1. The summed E-state index contributed by atoms with van der Waals surface area (Å²) in [7, 11) is -4.41. The molecular weight excluding hydrogens is 330 g/mol. The van der Waals surface area contributed by atoms with E-state index < -0.39 is 16.5 Å². The Labute approximate surface area is 143 Å². The van der Waals surface area contributed by atoms with Gasteiger partial charge in [0.2, 0.25) is 0 Å². The summed E-state index contributed by atoms with van der Waals surface area (Å²) in [5.74, 6) is 1.76. The number of hydrogen-bond acceptors (Lipinski definition) is 4. The van der Waals surface area contributed by atoms with Crippen LogP contribution in [0.4, 0.5) is 0 Å². The minimum Gasteiger partial charge on any atom is -0.508 e. The Morgan fingerprint density at radius 2 is 2.04 bits per heavy atom. The summed E-state index contributed by atoms with van der Waals surface area (Å²) in [5, 5.41) is 9.72. The molecule has 0 amide bonds. The van der Waals surface area contributed by atoms with Crippen molar-refractivity contribution in [2.24, 2.45) is 17.3 Å². The normalized spacial score (nSPS) is 38.2. The van der Waals surface area contributed by atoms with E-state index in [4.69, 9.17) is 8.74 Å². The first-order valence-electron chi connectivity index (χ1n) is 8.75. The van der Waals surface area contributed by atoms with Gasteiger partial charge < -0.3 is 5.11 Å². The third-order valence-corrected chi connectivity index (χ3v) is 7.34. The van der Waals surface area contributed by atoms with E-state index in [1.165, 1.54) is 11.1 Å². The molecule has 0 aliphatic heterocycles. The van der Waals surface area contributed by atoms with Crippen LogP contribution in [0.1, 0.15) is 56.1 Å². The maximum Gasteiger partial charge on any atom is 0.397 e. The molecule has 0 aromatic heterocycles. The molecule has 0 saturated heterocycles. The van der Waals surface area contributed by atoms with Gasteiger partial charge in [0.25, 0.3) is 0 Å². The molecule has 3 aliphatic carbocycles. The molecule has 0 heterocycles. The summed E-state index contributed by atoms with van der Waals surface area (Å²) in [6, 6.07) is 5.72. The number of phenols is 1. The first-order chi connectivity index (χ1) is 11.3. The van der Waals surface area contributed by atoms with E-state index >= 15 is 0 Å². The molecule has 4 rings (SSSR count). The standard InChI is InChI=1S/C18H24O5S/c1-18-9-8-14-13-5-3-12(19)10-11(13)2-4-15(14)16(18)6-7-17(18)23-24(20,21)22/h3,5,10,14-17,19H,2,4,6-9H2,1H3,(H,20,21,22)/t14-,15-,16+,17+,18+/m1/s1/i10+2. The second kappa shape index (κ2) is 5.44. The van der Waals surface area contributed by atoms with Crippen molar-refractivity contribution in [3.05, 3.63) is 29.3 Å². The number of aryl methyl sites for hydroxylation is 1. The molecular formula is C18H24O5S. The summed E-state index contributed by atoms with van der Waals surface area (Å²) >= 11 is 0. The minimum absolute atomic E-state index is 0.189. The van der Waals surface area contributed by atoms with Gasteiger partial charge in [-0.25, -0.2) is 4.18 Å². The van der Waals surface area contributed by atoms with Crippen LogP contribution in [0.25, 0.3) is 0 Å². The molecule has 0 unspecified atom stereocenters. The highest BCUT2D eigenvalue weighted by atomic mass is 32.3. The number of rotatable bonds is 2. The van der Waals surface area contributed by atoms with Crippen LogP contribution < -0.4 is 0 Å². The number of aromatic hydroxyl groups is 1. The lowest BCUT2D eigenvalue weighted by Gasteiger charge is -2.50. The smallest absolute Gasteiger partial charge is 0.397 e. The van der Waals surface area contributed by atoms with Crippen LogP contribution in [0.5, 0.6) is 5.75 Å². The Morgan fingerprint density at radius 3 is 2.79 bits per heavy atom. The lowest BCUT2D eigenvalue weighted by Crippen LogP contribution is -2.45. The van der Waals surface area contributed by atoms with E-state index in [1.54, 1.807) is 6.07 Å². The molecule has 24 heavy (non-hydrogen) atoms. The monoisotopic (exact) mass is 354 g/mol. The van der Waals surface area contributed by atoms with Gasteiger partial charge in [0, 0.05) is 0 Å². The number of phenolic OH excluding ortho intramolecular Hbond substituents is 1. The van der Waals surface area contributed by atoms with E-state index in [1.807, 2.05) is 6.07 Å². The number of benzene rings is 1. The van der Waals surface area contributed by atoms with Gasteiger partial charge in [-0.1, -0.05) is 13.0 Å². The van der Waals surface area contributed by atoms with Gasteiger partial charge in [-0.2, -0.15) is 8.42 Å². The van der Waals surface area contributed by atoms with Crippen LogP contribution in [0.15, 0.2) is 18.2 Å². The third-order valence-electron chi connectivity index (χ3n) is 6.86. The Hall–Kier alpha value is -1.11. The zero-order chi connectivity index (χ0) is 17.1. The third kappa shape index (κ3) is 2.55. The fourth-order valence-corrected chi connectivity index (χ4v) is 6.44. The molecule has 2 fully saturated rings. The lowest BCUT2D eigenvalue weighted by molar-refractivity contribution is -0.0121. The second-order valence-electron chi connectivity index (χ2n) is 7.93. The summed E-state index contributed by atoms with van der Waals surface area (Å²) in [5.41, 5.74) is 2.42. The molecule has 5 nitrogen and oxygen atoms in total. The van der Waals surface area contributed by atoms with Crippen LogP contribution in [-0.4, -0.2) is 24.2 Å². The van der Waals surface area contributed by atoms with Gasteiger partial charge in [0.15, 0.2) is 0 Å². The highest BCUT2D eigenvalue weighted by molar-refractivity contribution is 7.80. The SMILES string of the molecule is C[C@]12CC[C@@H]3c4ccc(O)[14cH]c4CC[C@H]3[C@@H]1CC[C@@H]2OS(=O)(=O)O. The largest absolute Gasteiger partial charge is 0.508 e. The van der Waals surface area contributed by atoms with Gasteiger partial charge >= 0.3 is 10.4 Å². The summed E-state index contributed by atoms with van der Waals surface area (Å²) < 4.78 is 36.5. The van der Waals surface area contributed by atoms with Crippen LogP contribution in [0.3, 0.4) is 0 Å². The van der Waals surface area contributed by atoms with Crippen molar-refractivity contribution in [1.82, 2.24) is 0 Å². The zero-order valence-corrected chi connectivity index (χ0v) is 14.6. The molecule has 2 saturated carbocycles. The van der Waals surface area contributed by atoms with E-state index in [0.29, 0.717) is 29.9 Å². The summed E-state index contributed by atoms with van der Waals surface area (Å²) in [6.45, 7) is 2.13. The number of fused-ring (bicyclic) bond motifs is 5. The molecule has 3 aliphatic rings. The lowest BCUT2D eigenvalue weighted by atomic mass is 9.56. The van der Waals surface area contributed by atoms with Crippen molar-refractivity contribution in [3.63, 3.8) is 0 Å². The van der Waals surface area contributed by atoms with Crippen molar-refractivity contribution < 1.29 is 22.3 Å². The Bertz CT molecular complexity index is 759. The van der Waals surface area contributed by atoms with Crippen molar-refractivity contribution in [2.75, 3.05) is 0 Å². The Morgan fingerprint density at radius 1 is 1.25 bits per heavy atom. The molecule has 1 aromatic rings. The molecule has 0 bridgehead atoms. The molecule has 2 N–H and O–H groups in total. The highest BCUT2D eigenvalue weighted by Gasteiger charge is 2.56. The zero-order valence-electron chi connectivity index (χ0n) is 13.8. The first kappa shape index (κ1) is 16.4. The second-order valence-corrected chi connectivity index (χ2v) is 8.98. The Kier molecular flexibility index (Phi) is 3.71. The Balaban J connectivity index is 1.63. The average Bonchev–Trinajstić information content (AvgIpc) is 2.82.